The maximum absolute atomic E-state index is 12.1. The number of likely N-dealkylation sites (tertiary alicyclic amines) is 1. The summed E-state index contributed by atoms with van der Waals surface area (Å²) in [4.78, 5) is 48.1. The average molecular weight is 346 g/mol. The Kier molecular flexibility index (Phi) is 6.10. The standard InChI is InChI=1S/C17H22N4O4/c1-11(2)18-17(25)20-13-6-4-3-5-12(13)19-14(22)9-10-21-15(23)7-8-16(21)24/h3-6,11H,7-10H2,1-2H3,(H,19,22)(H2,18,20,25). The number of nitrogens with one attached hydrogen (secondary N) is 3. The van der Waals surface area contributed by atoms with E-state index >= 15 is 0 Å². The third-order valence-corrected chi connectivity index (χ3v) is 3.59. The van der Waals surface area contributed by atoms with Crippen molar-refractivity contribution in [2.24, 2.45) is 0 Å². The molecule has 0 aromatic heterocycles. The second-order valence-electron chi connectivity index (χ2n) is 6.04. The molecule has 1 aromatic carbocycles. The van der Waals surface area contributed by atoms with E-state index in [1.54, 1.807) is 24.3 Å². The van der Waals surface area contributed by atoms with Crippen molar-refractivity contribution in [2.45, 2.75) is 39.2 Å². The fourth-order valence-corrected chi connectivity index (χ4v) is 2.42. The summed E-state index contributed by atoms with van der Waals surface area (Å²) in [6.07, 6.45) is 0.417. The summed E-state index contributed by atoms with van der Waals surface area (Å²) in [5.41, 5.74) is 0.910. The van der Waals surface area contributed by atoms with Crippen LogP contribution in [0.1, 0.15) is 33.1 Å². The lowest BCUT2D eigenvalue weighted by atomic mass is 10.2. The monoisotopic (exact) mass is 346 g/mol. The minimum Gasteiger partial charge on any atom is -0.336 e. The van der Waals surface area contributed by atoms with E-state index < -0.39 is 0 Å². The van der Waals surface area contributed by atoms with E-state index in [0.717, 1.165) is 4.90 Å². The number of hydrogen-bond donors (Lipinski definition) is 3. The molecule has 0 atom stereocenters. The number of para-hydroxylation sites is 2. The average Bonchev–Trinajstić information content (AvgIpc) is 2.85. The molecule has 0 radical (unpaired) electrons. The molecular weight excluding hydrogens is 324 g/mol. The van der Waals surface area contributed by atoms with E-state index in [4.69, 9.17) is 0 Å². The van der Waals surface area contributed by atoms with Crippen LogP contribution in [0.2, 0.25) is 0 Å². The molecule has 134 valence electrons. The maximum Gasteiger partial charge on any atom is 0.319 e. The first kappa shape index (κ1) is 18.4. The zero-order valence-corrected chi connectivity index (χ0v) is 14.3. The van der Waals surface area contributed by atoms with Gasteiger partial charge in [0.2, 0.25) is 17.7 Å². The predicted molar refractivity (Wildman–Crippen MR) is 92.9 cm³/mol. The summed E-state index contributed by atoms with van der Waals surface area (Å²) in [6, 6.07) is 6.41. The third-order valence-electron chi connectivity index (χ3n) is 3.59. The van der Waals surface area contributed by atoms with Crippen molar-refractivity contribution in [1.82, 2.24) is 10.2 Å². The number of carbonyl (C=O) groups excluding carboxylic acids is 4. The van der Waals surface area contributed by atoms with E-state index in [1.807, 2.05) is 13.8 Å². The van der Waals surface area contributed by atoms with Crippen LogP contribution < -0.4 is 16.0 Å². The van der Waals surface area contributed by atoms with Gasteiger partial charge in [0.05, 0.1) is 11.4 Å². The molecule has 1 aliphatic rings. The number of carbonyl (C=O) groups is 4. The topological polar surface area (TPSA) is 108 Å². The van der Waals surface area contributed by atoms with Gasteiger partial charge in [0.25, 0.3) is 0 Å². The lowest BCUT2D eigenvalue weighted by Crippen LogP contribution is -2.34. The molecule has 1 aliphatic heterocycles. The fraction of sp³-hybridized carbons (Fsp3) is 0.412. The lowest BCUT2D eigenvalue weighted by Gasteiger charge is -2.16. The van der Waals surface area contributed by atoms with Gasteiger partial charge >= 0.3 is 6.03 Å². The molecule has 1 saturated heterocycles. The Balaban J connectivity index is 1.93. The molecule has 0 unspecified atom stereocenters. The number of amides is 5. The van der Waals surface area contributed by atoms with Gasteiger partial charge in [0, 0.05) is 31.8 Å². The van der Waals surface area contributed by atoms with E-state index in [9.17, 15) is 19.2 Å². The molecule has 5 amide bonds. The zero-order valence-electron chi connectivity index (χ0n) is 14.3. The summed E-state index contributed by atoms with van der Waals surface area (Å²) >= 11 is 0. The molecule has 1 fully saturated rings. The Bertz CT molecular complexity index is 671. The van der Waals surface area contributed by atoms with Crippen LogP contribution >= 0.6 is 0 Å². The quantitative estimate of drug-likeness (QED) is 0.681. The molecule has 8 nitrogen and oxygen atoms in total. The van der Waals surface area contributed by atoms with Crippen molar-refractivity contribution in [3.05, 3.63) is 24.3 Å². The molecule has 1 heterocycles. The van der Waals surface area contributed by atoms with Crippen molar-refractivity contribution in [3.8, 4) is 0 Å². The number of hydrogen-bond acceptors (Lipinski definition) is 4. The first-order valence-electron chi connectivity index (χ1n) is 8.16. The van der Waals surface area contributed by atoms with Crippen LogP contribution in [0.25, 0.3) is 0 Å². The molecule has 2 rings (SSSR count). The Labute approximate surface area is 145 Å². The van der Waals surface area contributed by atoms with Crippen LogP contribution in [0.5, 0.6) is 0 Å². The SMILES string of the molecule is CC(C)NC(=O)Nc1ccccc1NC(=O)CCN1C(=O)CCC1=O. The number of rotatable bonds is 6. The van der Waals surface area contributed by atoms with Gasteiger partial charge in [-0.2, -0.15) is 0 Å². The molecule has 25 heavy (non-hydrogen) atoms. The summed E-state index contributed by atoms with van der Waals surface area (Å²) in [5, 5.41) is 8.07. The molecular formula is C17H22N4O4. The van der Waals surface area contributed by atoms with Gasteiger partial charge in [-0.1, -0.05) is 12.1 Å². The lowest BCUT2D eigenvalue weighted by molar-refractivity contribution is -0.138. The highest BCUT2D eigenvalue weighted by atomic mass is 16.2. The molecule has 0 spiro atoms. The van der Waals surface area contributed by atoms with Gasteiger partial charge in [0.1, 0.15) is 0 Å². The second kappa shape index (κ2) is 8.27. The number of urea groups is 1. The second-order valence-corrected chi connectivity index (χ2v) is 6.04. The largest absolute Gasteiger partial charge is 0.336 e. The van der Waals surface area contributed by atoms with E-state index in [1.165, 1.54) is 0 Å². The van der Waals surface area contributed by atoms with Crippen molar-refractivity contribution in [2.75, 3.05) is 17.2 Å². The highest BCUT2D eigenvalue weighted by molar-refractivity contribution is 6.03. The maximum atomic E-state index is 12.1. The molecule has 0 bridgehead atoms. The van der Waals surface area contributed by atoms with Crippen molar-refractivity contribution in [1.29, 1.82) is 0 Å². The number of nitrogens with zero attached hydrogens (tertiary/aromatic N) is 1. The Hall–Kier alpha value is -2.90. The van der Waals surface area contributed by atoms with Gasteiger partial charge in [-0.15, -0.1) is 0 Å². The van der Waals surface area contributed by atoms with Crippen molar-refractivity contribution >= 4 is 35.1 Å². The zero-order chi connectivity index (χ0) is 18.4. The van der Waals surface area contributed by atoms with Crippen LogP contribution in [0.3, 0.4) is 0 Å². The molecule has 8 heteroatoms. The van der Waals surface area contributed by atoms with Gasteiger partial charge in [0.15, 0.2) is 0 Å². The smallest absolute Gasteiger partial charge is 0.319 e. The van der Waals surface area contributed by atoms with Crippen LogP contribution in [0, 0.1) is 0 Å². The predicted octanol–water partition coefficient (Wildman–Crippen LogP) is 1.69. The summed E-state index contributed by atoms with van der Waals surface area (Å²) in [6.45, 7) is 3.75. The molecule has 1 aromatic rings. The van der Waals surface area contributed by atoms with Gasteiger partial charge in [-0.3, -0.25) is 19.3 Å². The van der Waals surface area contributed by atoms with Gasteiger partial charge in [-0.05, 0) is 26.0 Å². The minimum absolute atomic E-state index is 0.00397. The van der Waals surface area contributed by atoms with Gasteiger partial charge in [-0.25, -0.2) is 4.79 Å². The van der Waals surface area contributed by atoms with Crippen molar-refractivity contribution in [3.63, 3.8) is 0 Å². The Morgan fingerprint density at radius 3 is 2.16 bits per heavy atom. The van der Waals surface area contributed by atoms with Crippen LogP contribution in [-0.4, -0.2) is 41.2 Å². The molecule has 0 aliphatic carbocycles. The van der Waals surface area contributed by atoms with E-state index in [2.05, 4.69) is 16.0 Å². The van der Waals surface area contributed by atoms with E-state index in [-0.39, 0.29) is 55.6 Å². The molecule has 0 saturated carbocycles. The van der Waals surface area contributed by atoms with Crippen LogP contribution in [0.4, 0.5) is 16.2 Å². The first-order chi connectivity index (χ1) is 11.9. The summed E-state index contributed by atoms with van der Waals surface area (Å²) < 4.78 is 0. The fourth-order valence-electron chi connectivity index (χ4n) is 2.42. The van der Waals surface area contributed by atoms with Gasteiger partial charge < -0.3 is 16.0 Å². The normalized spacial score (nSPS) is 14.0. The minimum atomic E-state index is -0.370. The Morgan fingerprint density at radius 2 is 1.60 bits per heavy atom. The summed E-state index contributed by atoms with van der Waals surface area (Å²) in [5.74, 6) is -0.832. The third kappa shape index (κ3) is 5.30. The van der Waals surface area contributed by atoms with Crippen molar-refractivity contribution < 1.29 is 19.2 Å². The number of benzene rings is 1. The Morgan fingerprint density at radius 1 is 1.04 bits per heavy atom. The molecule has 3 N–H and O–H groups in total. The highest BCUT2D eigenvalue weighted by Crippen LogP contribution is 2.21. The summed E-state index contributed by atoms with van der Waals surface area (Å²) in [7, 11) is 0. The number of imide groups is 1. The van der Waals surface area contributed by atoms with Crippen LogP contribution in [0.15, 0.2) is 24.3 Å². The number of anilines is 2. The van der Waals surface area contributed by atoms with E-state index in [0.29, 0.717) is 11.4 Å². The first-order valence-corrected chi connectivity index (χ1v) is 8.16. The highest BCUT2D eigenvalue weighted by Gasteiger charge is 2.28. The van der Waals surface area contributed by atoms with Crippen LogP contribution in [-0.2, 0) is 14.4 Å².